The average Bonchev–Trinajstić information content (AvgIpc) is 2.42. The van der Waals surface area contributed by atoms with Crippen molar-refractivity contribution >= 4 is 17.6 Å². The Hall–Kier alpha value is -2.56. The third-order valence-electron chi connectivity index (χ3n) is 2.07. The van der Waals surface area contributed by atoms with E-state index in [0.717, 1.165) is 4.90 Å². The fourth-order valence-corrected chi connectivity index (χ4v) is 1.34. The molecule has 0 atom stereocenters. The molecule has 5 nitrogen and oxygen atoms in total. The molecule has 1 aromatic carbocycles. The van der Waals surface area contributed by atoms with E-state index < -0.39 is 11.9 Å². The highest BCUT2D eigenvalue weighted by atomic mass is 16.2. The predicted molar refractivity (Wildman–Crippen MR) is 62.5 cm³/mol. The van der Waals surface area contributed by atoms with Gasteiger partial charge in [-0.3, -0.25) is 4.79 Å². The van der Waals surface area contributed by atoms with Gasteiger partial charge < -0.3 is 0 Å². The Morgan fingerprint density at radius 3 is 2.53 bits per heavy atom. The topological polar surface area (TPSA) is 62.1 Å². The van der Waals surface area contributed by atoms with Crippen molar-refractivity contribution in [3.05, 3.63) is 54.8 Å². The van der Waals surface area contributed by atoms with Crippen molar-refractivity contribution in [2.45, 2.75) is 0 Å². The van der Waals surface area contributed by atoms with Gasteiger partial charge in [-0.2, -0.15) is 5.11 Å². The molecule has 0 N–H and O–H groups in total. The van der Waals surface area contributed by atoms with Crippen LogP contribution in [0.2, 0.25) is 0 Å². The van der Waals surface area contributed by atoms with Crippen LogP contribution >= 0.6 is 0 Å². The summed E-state index contributed by atoms with van der Waals surface area (Å²) in [5, 5.41) is 6.95. The number of hydrogen-bond donors (Lipinski definition) is 0. The molecule has 0 spiro atoms. The van der Waals surface area contributed by atoms with Gasteiger partial charge in [0.25, 0.3) is 5.91 Å². The zero-order chi connectivity index (χ0) is 12.1. The van der Waals surface area contributed by atoms with Crippen LogP contribution in [0, 0.1) is 0 Å². The first-order valence-electron chi connectivity index (χ1n) is 4.96. The predicted octanol–water partition coefficient (Wildman–Crippen LogP) is 2.68. The molecule has 0 aromatic heterocycles. The highest BCUT2D eigenvalue weighted by molar-refractivity contribution is 6.18. The number of imide groups is 1. The number of para-hydroxylation sites is 1. The van der Waals surface area contributed by atoms with Gasteiger partial charge in [-0.05, 0) is 18.2 Å². The van der Waals surface area contributed by atoms with E-state index in [-0.39, 0.29) is 0 Å². The van der Waals surface area contributed by atoms with Crippen LogP contribution < -0.4 is 4.90 Å². The van der Waals surface area contributed by atoms with Crippen LogP contribution in [0.3, 0.4) is 0 Å². The molecule has 3 amide bonds. The third-order valence-corrected chi connectivity index (χ3v) is 2.07. The number of allylic oxidation sites excluding steroid dienone is 2. The molecule has 1 aliphatic rings. The summed E-state index contributed by atoms with van der Waals surface area (Å²) in [4.78, 5) is 24.5. The first kappa shape index (κ1) is 10.9. The van der Waals surface area contributed by atoms with Crippen LogP contribution in [-0.2, 0) is 4.79 Å². The standard InChI is InChI=1S/C12H9N3O2/c16-11-8-4-5-9-13-14-12(17)15(11)10-6-2-1-3-7-10/h1-9H. The fourth-order valence-electron chi connectivity index (χ4n) is 1.34. The number of rotatable bonds is 1. The number of carbonyl (C=O) groups excluding carboxylic acids is 2. The number of hydrogen-bond acceptors (Lipinski definition) is 3. The van der Waals surface area contributed by atoms with Crippen molar-refractivity contribution in [1.82, 2.24) is 0 Å². The van der Waals surface area contributed by atoms with Gasteiger partial charge in [0.05, 0.1) is 5.69 Å². The zero-order valence-corrected chi connectivity index (χ0v) is 8.85. The molecule has 0 unspecified atom stereocenters. The van der Waals surface area contributed by atoms with E-state index in [1.165, 1.54) is 24.4 Å². The second-order valence-corrected chi connectivity index (χ2v) is 3.21. The number of benzene rings is 1. The first-order chi connectivity index (χ1) is 8.29. The van der Waals surface area contributed by atoms with Gasteiger partial charge in [0.15, 0.2) is 0 Å². The van der Waals surface area contributed by atoms with E-state index in [1.54, 1.807) is 30.3 Å². The first-order valence-corrected chi connectivity index (χ1v) is 4.96. The zero-order valence-electron chi connectivity index (χ0n) is 8.85. The van der Waals surface area contributed by atoms with Crippen molar-refractivity contribution in [2.75, 3.05) is 4.90 Å². The quantitative estimate of drug-likeness (QED) is 0.740. The Kier molecular flexibility index (Phi) is 3.20. The van der Waals surface area contributed by atoms with Crippen LogP contribution in [0.5, 0.6) is 0 Å². The number of azo groups is 1. The molecule has 0 saturated heterocycles. The number of carbonyl (C=O) groups is 2. The van der Waals surface area contributed by atoms with Crippen LogP contribution in [0.4, 0.5) is 10.5 Å². The summed E-state index contributed by atoms with van der Waals surface area (Å²) in [7, 11) is 0. The largest absolute Gasteiger partial charge is 0.373 e. The summed E-state index contributed by atoms with van der Waals surface area (Å²) in [6.45, 7) is 0. The molecule has 1 aromatic rings. The molecular formula is C12H9N3O2. The second kappa shape index (κ2) is 4.98. The van der Waals surface area contributed by atoms with E-state index in [2.05, 4.69) is 10.2 Å². The Balaban J connectivity index is 2.42. The Morgan fingerprint density at radius 2 is 1.76 bits per heavy atom. The lowest BCUT2D eigenvalue weighted by Crippen LogP contribution is -2.33. The minimum atomic E-state index is -0.711. The molecule has 0 saturated carbocycles. The van der Waals surface area contributed by atoms with E-state index in [0.29, 0.717) is 5.69 Å². The van der Waals surface area contributed by atoms with Gasteiger partial charge in [-0.1, -0.05) is 29.4 Å². The lowest BCUT2D eigenvalue weighted by Gasteiger charge is -2.15. The maximum absolute atomic E-state index is 11.8. The smallest absolute Gasteiger partial charge is 0.269 e. The number of amides is 3. The highest BCUT2D eigenvalue weighted by Crippen LogP contribution is 2.15. The normalized spacial score (nSPS) is 15.6. The SMILES string of the molecule is O=C1C=CC=CN=NC(=O)N1c1ccccc1. The molecule has 0 bridgehead atoms. The van der Waals surface area contributed by atoms with Gasteiger partial charge in [0.1, 0.15) is 0 Å². The average molecular weight is 227 g/mol. The third kappa shape index (κ3) is 2.52. The highest BCUT2D eigenvalue weighted by Gasteiger charge is 2.21. The summed E-state index contributed by atoms with van der Waals surface area (Å²) >= 11 is 0. The van der Waals surface area contributed by atoms with Gasteiger partial charge in [-0.15, -0.1) is 0 Å². The molecule has 5 heteroatoms. The molecule has 84 valence electrons. The minimum Gasteiger partial charge on any atom is -0.269 e. The number of nitrogens with zero attached hydrogens (tertiary/aromatic N) is 3. The maximum Gasteiger partial charge on any atom is 0.373 e. The van der Waals surface area contributed by atoms with Crippen molar-refractivity contribution < 1.29 is 9.59 Å². The van der Waals surface area contributed by atoms with Crippen molar-refractivity contribution in [3.8, 4) is 0 Å². The van der Waals surface area contributed by atoms with Crippen molar-refractivity contribution in [1.29, 1.82) is 0 Å². The van der Waals surface area contributed by atoms with E-state index in [4.69, 9.17) is 0 Å². The monoisotopic (exact) mass is 227 g/mol. The Morgan fingerprint density at radius 1 is 1.00 bits per heavy atom. The molecule has 2 rings (SSSR count). The molecular weight excluding hydrogens is 218 g/mol. The molecule has 1 heterocycles. The van der Waals surface area contributed by atoms with E-state index in [9.17, 15) is 9.59 Å². The number of anilines is 1. The summed E-state index contributed by atoms with van der Waals surface area (Å²) in [5.74, 6) is -0.452. The molecule has 1 aliphatic heterocycles. The molecule has 17 heavy (non-hydrogen) atoms. The second-order valence-electron chi connectivity index (χ2n) is 3.21. The maximum atomic E-state index is 11.8. The lowest BCUT2D eigenvalue weighted by atomic mass is 10.3. The molecule has 0 aliphatic carbocycles. The Labute approximate surface area is 97.8 Å². The van der Waals surface area contributed by atoms with E-state index in [1.807, 2.05) is 0 Å². The van der Waals surface area contributed by atoms with Crippen LogP contribution in [-0.4, -0.2) is 11.9 Å². The van der Waals surface area contributed by atoms with Crippen molar-refractivity contribution in [3.63, 3.8) is 0 Å². The summed E-state index contributed by atoms with van der Waals surface area (Å²) in [6, 6.07) is 7.88. The molecule has 0 fully saturated rings. The van der Waals surface area contributed by atoms with Crippen molar-refractivity contribution in [2.24, 2.45) is 10.2 Å². The van der Waals surface area contributed by atoms with Crippen LogP contribution in [0.15, 0.2) is 65.0 Å². The van der Waals surface area contributed by atoms with Gasteiger partial charge in [-0.25, -0.2) is 9.69 Å². The lowest BCUT2D eigenvalue weighted by molar-refractivity contribution is -0.113. The minimum absolute atomic E-state index is 0.452. The number of urea groups is 1. The van der Waals surface area contributed by atoms with Gasteiger partial charge in [0, 0.05) is 12.3 Å². The van der Waals surface area contributed by atoms with Gasteiger partial charge in [0.2, 0.25) is 0 Å². The molecule has 0 radical (unpaired) electrons. The van der Waals surface area contributed by atoms with Crippen LogP contribution in [0.1, 0.15) is 0 Å². The fraction of sp³-hybridized carbons (Fsp3) is 0. The summed E-state index contributed by atoms with van der Waals surface area (Å²) in [6.07, 6.45) is 5.67. The van der Waals surface area contributed by atoms with Crippen LogP contribution in [0.25, 0.3) is 0 Å². The summed E-state index contributed by atoms with van der Waals surface area (Å²) in [5.41, 5.74) is 0.466. The van der Waals surface area contributed by atoms with Gasteiger partial charge >= 0.3 is 6.03 Å². The van der Waals surface area contributed by atoms with E-state index >= 15 is 0 Å². The Bertz CT molecular complexity index is 490. The summed E-state index contributed by atoms with van der Waals surface area (Å²) < 4.78 is 0.